The SMILES string of the molecule is COc1ccc2c(oc3ccccc32)c1-c1cccc2oc3cc(-c4ccccc4)ccc3c12. The average Bonchev–Trinajstić information content (AvgIpc) is 3.46. The molecule has 0 atom stereocenters. The molecule has 0 radical (unpaired) electrons. The summed E-state index contributed by atoms with van der Waals surface area (Å²) in [7, 11) is 1.70. The fraction of sp³-hybridized carbons (Fsp3) is 0.0323. The lowest BCUT2D eigenvalue weighted by molar-refractivity contribution is 0.416. The molecule has 0 amide bonds. The van der Waals surface area contributed by atoms with Crippen LogP contribution >= 0.6 is 0 Å². The van der Waals surface area contributed by atoms with Gasteiger partial charge in [-0.2, -0.15) is 0 Å². The molecule has 3 heteroatoms. The lowest BCUT2D eigenvalue weighted by Crippen LogP contribution is -1.89. The van der Waals surface area contributed by atoms with Crippen LogP contribution in [-0.2, 0) is 0 Å². The van der Waals surface area contributed by atoms with Crippen molar-refractivity contribution in [2.45, 2.75) is 0 Å². The Kier molecular flexibility index (Phi) is 4.06. The van der Waals surface area contributed by atoms with E-state index in [1.54, 1.807) is 7.11 Å². The smallest absolute Gasteiger partial charge is 0.147 e. The maximum Gasteiger partial charge on any atom is 0.147 e. The molecule has 0 aliphatic carbocycles. The molecular weight excluding hydrogens is 420 g/mol. The molecule has 2 heterocycles. The normalized spacial score (nSPS) is 11.7. The Morgan fingerprint density at radius 3 is 2.24 bits per heavy atom. The summed E-state index contributed by atoms with van der Waals surface area (Å²) in [6.45, 7) is 0. The van der Waals surface area contributed by atoms with Gasteiger partial charge < -0.3 is 13.6 Å². The van der Waals surface area contributed by atoms with E-state index in [9.17, 15) is 0 Å². The molecule has 2 aromatic heterocycles. The van der Waals surface area contributed by atoms with Gasteiger partial charge in [-0.05, 0) is 47.5 Å². The van der Waals surface area contributed by atoms with Gasteiger partial charge in [0.2, 0.25) is 0 Å². The van der Waals surface area contributed by atoms with Gasteiger partial charge in [-0.15, -0.1) is 0 Å². The van der Waals surface area contributed by atoms with Crippen LogP contribution in [0.2, 0.25) is 0 Å². The second kappa shape index (κ2) is 7.26. The number of fused-ring (bicyclic) bond motifs is 6. The Labute approximate surface area is 195 Å². The van der Waals surface area contributed by atoms with Crippen molar-refractivity contribution in [3.8, 4) is 28.0 Å². The van der Waals surface area contributed by atoms with E-state index >= 15 is 0 Å². The van der Waals surface area contributed by atoms with Crippen LogP contribution in [0.5, 0.6) is 5.75 Å². The summed E-state index contributed by atoms with van der Waals surface area (Å²) in [5, 5.41) is 4.30. The predicted molar refractivity (Wildman–Crippen MR) is 138 cm³/mol. The van der Waals surface area contributed by atoms with Crippen molar-refractivity contribution >= 4 is 43.9 Å². The third-order valence-corrected chi connectivity index (χ3v) is 6.60. The summed E-state index contributed by atoms with van der Waals surface area (Å²) in [5.41, 5.74) is 7.66. The van der Waals surface area contributed by atoms with Crippen LogP contribution in [0.15, 0.2) is 112 Å². The maximum absolute atomic E-state index is 6.38. The van der Waals surface area contributed by atoms with E-state index in [-0.39, 0.29) is 0 Å². The summed E-state index contributed by atoms with van der Waals surface area (Å²) in [4.78, 5) is 0. The summed E-state index contributed by atoms with van der Waals surface area (Å²) in [5.74, 6) is 0.773. The Balaban J connectivity index is 1.55. The van der Waals surface area contributed by atoms with E-state index in [1.807, 2.05) is 42.5 Å². The van der Waals surface area contributed by atoms with Crippen molar-refractivity contribution in [3.05, 3.63) is 103 Å². The molecule has 7 aromatic rings. The quantitative estimate of drug-likeness (QED) is 0.275. The third kappa shape index (κ3) is 2.70. The van der Waals surface area contributed by atoms with Gasteiger partial charge in [0.25, 0.3) is 0 Å². The monoisotopic (exact) mass is 440 g/mol. The number of furan rings is 2. The van der Waals surface area contributed by atoms with Crippen molar-refractivity contribution in [2.75, 3.05) is 7.11 Å². The topological polar surface area (TPSA) is 35.5 Å². The molecule has 0 bridgehead atoms. The van der Waals surface area contributed by atoms with E-state index < -0.39 is 0 Å². The molecule has 162 valence electrons. The van der Waals surface area contributed by atoms with E-state index in [1.165, 1.54) is 5.56 Å². The predicted octanol–water partition coefficient (Wildman–Crippen LogP) is 8.83. The largest absolute Gasteiger partial charge is 0.496 e. The van der Waals surface area contributed by atoms with Gasteiger partial charge >= 0.3 is 0 Å². The first-order chi connectivity index (χ1) is 16.8. The molecule has 0 aliphatic rings. The van der Waals surface area contributed by atoms with Gasteiger partial charge in [0, 0.05) is 27.1 Å². The van der Waals surface area contributed by atoms with Crippen molar-refractivity contribution in [1.29, 1.82) is 0 Å². The van der Waals surface area contributed by atoms with Gasteiger partial charge in [0.1, 0.15) is 28.1 Å². The number of hydrogen-bond donors (Lipinski definition) is 0. The van der Waals surface area contributed by atoms with Crippen LogP contribution in [0.3, 0.4) is 0 Å². The minimum Gasteiger partial charge on any atom is -0.496 e. The second-order valence-corrected chi connectivity index (χ2v) is 8.48. The highest BCUT2D eigenvalue weighted by molar-refractivity contribution is 6.18. The zero-order chi connectivity index (χ0) is 22.6. The van der Waals surface area contributed by atoms with Crippen LogP contribution in [0, 0.1) is 0 Å². The van der Waals surface area contributed by atoms with E-state index in [2.05, 4.69) is 60.7 Å². The minimum absolute atomic E-state index is 0.773. The second-order valence-electron chi connectivity index (χ2n) is 8.48. The average molecular weight is 440 g/mol. The zero-order valence-electron chi connectivity index (χ0n) is 18.5. The maximum atomic E-state index is 6.38. The molecule has 0 fully saturated rings. The molecule has 0 saturated heterocycles. The van der Waals surface area contributed by atoms with Gasteiger partial charge in [-0.3, -0.25) is 0 Å². The van der Waals surface area contributed by atoms with Crippen LogP contribution in [0.4, 0.5) is 0 Å². The Bertz CT molecular complexity index is 1840. The summed E-state index contributed by atoms with van der Waals surface area (Å²) in [6.07, 6.45) is 0. The zero-order valence-corrected chi connectivity index (χ0v) is 18.5. The standard InChI is InChI=1S/C31H20O3/c1-32-26-17-16-22-21-10-5-6-12-25(21)34-31(22)30(26)24-11-7-13-27-29(24)23-15-14-20(18-28(23)33-27)19-8-3-2-4-9-19/h2-18H,1H3. The first-order valence-electron chi connectivity index (χ1n) is 11.3. The Morgan fingerprint density at radius 1 is 0.559 bits per heavy atom. The molecular formula is C31H20O3. The lowest BCUT2D eigenvalue weighted by atomic mass is 9.96. The Hall–Kier alpha value is -4.50. The molecule has 0 spiro atoms. The molecule has 3 nitrogen and oxygen atoms in total. The number of hydrogen-bond acceptors (Lipinski definition) is 3. The molecule has 0 saturated carbocycles. The fourth-order valence-corrected chi connectivity index (χ4v) is 5.04. The fourth-order valence-electron chi connectivity index (χ4n) is 5.04. The van der Waals surface area contributed by atoms with Crippen molar-refractivity contribution in [2.24, 2.45) is 0 Å². The number of methoxy groups -OCH3 is 1. The van der Waals surface area contributed by atoms with Gasteiger partial charge in [0.05, 0.1) is 12.7 Å². The van der Waals surface area contributed by atoms with E-state index in [0.29, 0.717) is 0 Å². The molecule has 0 aliphatic heterocycles. The van der Waals surface area contributed by atoms with Crippen LogP contribution in [0.25, 0.3) is 66.1 Å². The minimum atomic E-state index is 0.773. The van der Waals surface area contributed by atoms with Crippen molar-refractivity contribution < 1.29 is 13.6 Å². The highest BCUT2D eigenvalue weighted by Crippen LogP contribution is 2.46. The molecule has 0 unspecified atom stereocenters. The summed E-state index contributed by atoms with van der Waals surface area (Å²) < 4.78 is 18.6. The van der Waals surface area contributed by atoms with Crippen molar-refractivity contribution in [1.82, 2.24) is 0 Å². The van der Waals surface area contributed by atoms with Gasteiger partial charge in [-0.1, -0.05) is 66.7 Å². The highest BCUT2D eigenvalue weighted by Gasteiger charge is 2.21. The molecule has 5 aromatic carbocycles. The number of benzene rings is 5. The third-order valence-electron chi connectivity index (χ3n) is 6.60. The van der Waals surface area contributed by atoms with Crippen LogP contribution in [-0.4, -0.2) is 7.11 Å². The molecule has 7 rings (SSSR count). The first kappa shape index (κ1) is 19.0. The van der Waals surface area contributed by atoms with Crippen molar-refractivity contribution in [3.63, 3.8) is 0 Å². The van der Waals surface area contributed by atoms with Gasteiger partial charge in [-0.25, -0.2) is 0 Å². The van der Waals surface area contributed by atoms with E-state index in [0.717, 1.165) is 66.3 Å². The first-order valence-corrected chi connectivity index (χ1v) is 11.3. The van der Waals surface area contributed by atoms with E-state index in [4.69, 9.17) is 13.6 Å². The number of para-hydroxylation sites is 1. The Morgan fingerprint density at radius 2 is 1.35 bits per heavy atom. The lowest BCUT2D eigenvalue weighted by Gasteiger charge is -2.10. The molecule has 34 heavy (non-hydrogen) atoms. The van der Waals surface area contributed by atoms with Crippen LogP contribution in [0.1, 0.15) is 0 Å². The molecule has 0 N–H and O–H groups in total. The van der Waals surface area contributed by atoms with Gasteiger partial charge in [0.15, 0.2) is 0 Å². The summed E-state index contributed by atoms with van der Waals surface area (Å²) in [6, 6.07) is 35.2. The number of rotatable bonds is 3. The van der Waals surface area contributed by atoms with Crippen LogP contribution < -0.4 is 4.74 Å². The highest BCUT2D eigenvalue weighted by atomic mass is 16.5. The number of ether oxygens (including phenoxy) is 1. The summed E-state index contributed by atoms with van der Waals surface area (Å²) >= 11 is 0.